The summed E-state index contributed by atoms with van der Waals surface area (Å²) in [5.41, 5.74) is -1.74. The van der Waals surface area contributed by atoms with Crippen LogP contribution in [0.2, 0.25) is 0 Å². The van der Waals surface area contributed by atoms with Gasteiger partial charge < -0.3 is 14.6 Å². The van der Waals surface area contributed by atoms with Crippen LogP contribution in [0.1, 0.15) is 44.9 Å². The van der Waals surface area contributed by atoms with Gasteiger partial charge in [0.1, 0.15) is 30.8 Å². The van der Waals surface area contributed by atoms with Crippen LogP contribution in [0.3, 0.4) is 0 Å². The average molecular weight is 252 g/mol. The Morgan fingerprint density at radius 1 is 1.11 bits per heavy atom. The lowest BCUT2D eigenvalue weighted by molar-refractivity contribution is -0.180. The second kappa shape index (κ2) is 4.26. The van der Waals surface area contributed by atoms with E-state index in [1.165, 1.54) is 6.42 Å². The number of rotatable bonds is 2. The Morgan fingerprint density at radius 3 is 2.39 bits per heavy atom. The van der Waals surface area contributed by atoms with Crippen LogP contribution in [-0.4, -0.2) is 29.7 Å². The van der Waals surface area contributed by atoms with Gasteiger partial charge >= 0.3 is 0 Å². The van der Waals surface area contributed by atoms with Crippen LogP contribution >= 0.6 is 0 Å². The van der Waals surface area contributed by atoms with Crippen LogP contribution in [0.4, 0.5) is 0 Å². The Kier molecular flexibility index (Phi) is 2.85. The predicted octanol–water partition coefficient (Wildman–Crippen LogP) is 1.92. The molecule has 0 saturated heterocycles. The molecule has 2 aliphatic carbocycles. The Labute approximate surface area is 107 Å². The monoisotopic (exact) mass is 252 g/mol. The summed E-state index contributed by atoms with van der Waals surface area (Å²) in [6.45, 7) is 1.06. The van der Waals surface area contributed by atoms with Gasteiger partial charge in [0.05, 0.1) is 5.41 Å². The predicted molar refractivity (Wildman–Crippen MR) is 64.7 cm³/mol. The van der Waals surface area contributed by atoms with Crippen molar-refractivity contribution in [3.8, 4) is 0 Å². The first kappa shape index (κ1) is 12.0. The van der Waals surface area contributed by atoms with Crippen molar-refractivity contribution in [1.29, 1.82) is 0 Å². The Bertz CT molecular complexity index is 381. The molecule has 1 N–H and O–H groups in total. The van der Waals surface area contributed by atoms with Crippen molar-refractivity contribution in [2.75, 3.05) is 13.2 Å². The van der Waals surface area contributed by atoms with Gasteiger partial charge in [0.25, 0.3) is 0 Å². The lowest BCUT2D eigenvalue weighted by Crippen LogP contribution is -2.62. The van der Waals surface area contributed by atoms with Gasteiger partial charge in [-0.3, -0.25) is 4.79 Å². The van der Waals surface area contributed by atoms with Gasteiger partial charge in [-0.2, -0.15) is 0 Å². The summed E-state index contributed by atoms with van der Waals surface area (Å²) in [6, 6.07) is 0. The normalized spacial score (nSPS) is 34.9. The Balaban J connectivity index is 1.97. The second-order valence-corrected chi connectivity index (χ2v) is 5.63. The molecule has 2 fully saturated rings. The number of ether oxygens (including phenoxy) is 2. The molecule has 1 heterocycles. The zero-order valence-corrected chi connectivity index (χ0v) is 10.6. The lowest BCUT2D eigenvalue weighted by Gasteiger charge is -2.53. The fourth-order valence-electron chi connectivity index (χ4n) is 3.61. The highest BCUT2D eigenvalue weighted by atomic mass is 16.6. The number of carbonyl (C=O) groups is 1. The molecule has 1 atom stereocenters. The van der Waals surface area contributed by atoms with E-state index in [1.54, 1.807) is 6.26 Å². The molecule has 0 aromatic rings. The smallest absolute Gasteiger partial charge is 0.165 e. The minimum Gasteiger partial charge on any atom is -0.494 e. The van der Waals surface area contributed by atoms with Crippen LogP contribution in [0.5, 0.6) is 0 Å². The van der Waals surface area contributed by atoms with Gasteiger partial charge in [0.2, 0.25) is 0 Å². The summed E-state index contributed by atoms with van der Waals surface area (Å²) in [7, 11) is 0. The van der Waals surface area contributed by atoms with E-state index in [9.17, 15) is 9.90 Å². The largest absolute Gasteiger partial charge is 0.494 e. The molecule has 0 aromatic carbocycles. The standard InChI is InChI=1S/C14H20O4/c15-11-4-7-14(11,16)13(5-2-1-3-6-13)12-10-17-8-9-18-12/h10,16H,1-9H2. The van der Waals surface area contributed by atoms with Crippen molar-refractivity contribution in [2.24, 2.45) is 5.41 Å². The first-order valence-electron chi connectivity index (χ1n) is 6.90. The second-order valence-electron chi connectivity index (χ2n) is 5.63. The third-order valence-corrected chi connectivity index (χ3v) is 4.79. The lowest BCUT2D eigenvalue weighted by atomic mass is 9.54. The molecule has 1 aliphatic heterocycles. The summed E-state index contributed by atoms with van der Waals surface area (Å²) >= 11 is 0. The number of carbonyl (C=O) groups excluding carboxylic acids is 1. The van der Waals surface area contributed by atoms with Gasteiger partial charge in [-0.15, -0.1) is 0 Å². The zero-order chi connectivity index (χ0) is 12.6. The zero-order valence-electron chi connectivity index (χ0n) is 10.6. The maximum atomic E-state index is 11.9. The fourth-order valence-corrected chi connectivity index (χ4v) is 3.61. The molecule has 4 heteroatoms. The molecule has 3 rings (SSSR count). The molecule has 4 nitrogen and oxygen atoms in total. The van der Waals surface area contributed by atoms with Crippen molar-refractivity contribution in [1.82, 2.24) is 0 Å². The average Bonchev–Trinajstić information content (AvgIpc) is 2.46. The quantitative estimate of drug-likeness (QED) is 0.815. The molecule has 2 saturated carbocycles. The Hall–Kier alpha value is -1.03. The number of ketones is 1. The maximum Gasteiger partial charge on any atom is 0.165 e. The van der Waals surface area contributed by atoms with Crippen LogP contribution in [-0.2, 0) is 14.3 Å². The summed E-state index contributed by atoms with van der Waals surface area (Å²) in [5, 5.41) is 10.8. The summed E-state index contributed by atoms with van der Waals surface area (Å²) in [4.78, 5) is 11.9. The SMILES string of the molecule is O=C1CCC1(O)C1(C2=COCCO2)CCCCC1. The van der Waals surface area contributed by atoms with Crippen LogP contribution in [0.15, 0.2) is 12.0 Å². The highest BCUT2D eigenvalue weighted by Gasteiger charge is 2.62. The first-order valence-corrected chi connectivity index (χ1v) is 6.90. The van der Waals surface area contributed by atoms with E-state index < -0.39 is 11.0 Å². The van der Waals surface area contributed by atoms with Crippen LogP contribution in [0, 0.1) is 5.41 Å². The van der Waals surface area contributed by atoms with Crippen molar-refractivity contribution in [3.63, 3.8) is 0 Å². The minimum atomic E-state index is -1.21. The Morgan fingerprint density at radius 2 is 1.89 bits per heavy atom. The number of hydrogen-bond acceptors (Lipinski definition) is 4. The molecule has 3 aliphatic rings. The molecule has 0 bridgehead atoms. The fraction of sp³-hybridized carbons (Fsp3) is 0.786. The summed E-state index contributed by atoms with van der Waals surface area (Å²) in [5.74, 6) is 0.670. The van der Waals surface area contributed by atoms with Gasteiger partial charge in [0.15, 0.2) is 5.78 Å². The number of hydrogen-bond donors (Lipinski definition) is 1. The molecular weight excluding hydrogens is 232 g/mol. The molecular formula is C14H20O4. The first-order chi connectivity index (χ1) is 8.69. The van der Waals surface area contributed by atoms with Gasteiger partial charge in [-0.05, 0) is 19.3 Å². The van der Waals surface area contributed by atoms with Crippen LogP contribution < -0.4 is 0 Å². The molecule has 100 valence electrons. The highest BCUT2D eigenvalue weighted by Crippen LogP contribution is 2.56. The van der Waals surface area contributed by atoms with E-state index in [4.69, 9.17) is 9.47 Å². The molecule has 18 heavy (non-hydrogen) atoms. The van der Waals surface area contributed by atoms with E-state index in [1.807, 2.05) is 0 Å². The van der Waals surface area contributed by atoms with Crippen molar-refractivity contribution in [3.05, 3.63) is 12.0 Å². The van der Waals surface area contributed by atoms with Gasteiger partial charge in [-0.1, -0.05) is 19.3 Å². The van der Waals surface area contributed by atoms with E-state index in [0.717, 1.165) is 25.7 Å². The summed E-state index contributed by atoms with van der Waals surface area (Å²) in [6.07, 6.45) is 7.57. The molecule has 1 unspecified atom stereocenters. The van der Waals surface area contributed by atoms with Gasteiger partial charge in [0, 0.05) is 6.42 Å². The molecule has 0 amide bonds. The molecule has 0 aromatic heterocycles. The van der Waals surface area contributed by atoms with Crippen molar-refractivity contribution >= 4 is 5.78 Å². The molecule has 0 spiro atoms. The van der Waals surface area contributed by atoms with E-state index in [-0.39, 0.29) is 5.78 Å². The number of Topliss-reactive ketones (excluding diaryl/α,β-unsaturated/α-hetero) is 1. The minimum absolute atomic E-state index is 0.0283. The van der Waals surface area contributed by atoms with Crippen molar-refractivity contribution in [2.45, 2.75) is 50.5 Å². The van der Waals surface area contributed by atoms with Crippen LogP contribution in [0.25, 0.3) is 0 Å². The van der Waals surface area contributed by atoms with E-state index >= 15 is 0 Å². The van der Waals surface area contributed by atoms with E-state index in [0.29, 0.717) is 31.8 Å². The third kappa shape index (κ3) is 1.51. The maximum absolute atomic E-state index is 11.9. The van der Waals surface area contributed by atoms with Crippen molar-refractivity contribution < 1.29 is 19.4 Å². The van der Waals surface area contributed by atoms with Gasteiger partial charge in [-0.25, -0.2) is 0 Å². The topological polar surface area (TPSA) is 55.8 Å². The highest BCUT2D eigenvalue weighted by molar-refractivity contribution is 5.94. The molecule has 0 radical (unpaired) electrons. The third-order valence-electron chi connectivity index (χ3n) is 4.79. The van der Waals surface area contributed by atoms with E-state index in [2.05, 4.69) is 0 Å². The number of aliphatic hydroxyl groups is 1. The summed E-state index contributed by atoms with van der Waals surface area (Å²) < 4.78 is 11.1.